The summed E-state index contributed by atoms with van der Waals surface area (Å²) in [4.78, 5) is 73.7. The Kier molecular flexibility index (Phi) is 12.5. The van der Waals surface area contributed by atoms with E-state index in [1.807, 2.05) is 109 Å². The van der Waals surface area contributed by atoms with E-state index in [0.29, 0.717) is 67.3 Å². The molecule has 0 radical (unpaired) electrons. The second-order valence-corrected chi connectivity index (χ2v) is 22.6. The summed E-state index contributed by atoms with van der Waals surface area (Å²) in [5.74, 6) is -0.137. The van der Waals surface area contributed by atoms with Crippen LogP contribution in [0.2, 0.25) is 0 Å². The number of aromatic amines is 1. The Morgan fingerprint density at radius 1 is 0.311 bits per heavy atom. The average Bonchev–Trinajstić information content (AvgIpc) is 1.07. The summed E-state index contributed by atoms with van der Waals surface area (Å²) in [6.07, 6.45) is 0. The molecule has 0 fully saturated rings. The van der Waals surface area contributed by atoms with E-state index >= 15 is 0 Å². The predicted molar refractivity (Wildman–Crippen MR) is 363 cm³/mol. The molecule has 15 aromatic rings. The molecule has 0 amide bonds. The number of aromatic nitrogens is 1. The minimum Gasteiger partial charge on any atom is -0.369 e. The molecule has 0 aliphatic heterocycles. The third-order valence-corrected chi connectivity index (χ3v) is 17.6. The summed E-state index contributed by atoms with van der Waals surface area (Å²) in [7, 11) is 0. The van der Waals surface area contributed by atoms with Crippen molar-refractivity contribution in [2.24, 2.45) is 10.7 Å². The normalized spacial score (nSPS) is 12.9. The number of benzene rings is 14. The highest BCUT2D eigenvalue weighted by Gasteiger charge is 2.34. The Hall–Kier alpha value is -12.4. The second kappa shape index (κ2) is 21.2. The van der Waals surface area contributed by atoms with Gasteiger partial charge in [0.05, 0.1) is 28.0 Å². The minimum absolute atomic E-state index is 0.00493. The summed E-state index contributed by atoms with van der Waals surface area (Å²) >= 11 is 0. The van der Waals surface area contributed by atoms with E-state index in [4.69, 9.17) is 10.7 Å². The molecule has 0 bridgehead atoms. The molecule has 3 aliphatic rings. The highest BCUT2D eigenvalue weighted by molar-refractivity contribution is 6.34. The van der Waals surface area contributed by atoms with E-state index in [9.17, 15) is 24.0 Å². The number of fused-ring (bicyclic) bond motifs is 16. The maximum absolute atomic E-state index is 13.4. The van der Waals surface area contributed by atoms with Crippen molar-refractivity contribution in [1.29, 1.82) is 0 Å². The molecule has 10 nitrogen and oxygen atoms in total. The number of anilines is 3. The smallest absolute Gasteiger partial charge is 0.198 e. The number of rotatable bonds is 4. The Balaban J connectivity index is 0.000000110. The van der Waals surface area contributed by atoms with Crippen LogP contribution >= 0.6 is 0 Å². The van der Waals surface area contributed by atoms with E-state index < -0.39 is 0 Å². The first kappa shape index (κ1) is 53.1. The third-order valence-electron chi connectivity index (χ3n) is 17.6. The lowest BCUT2D eigenvalue weighted by atomic mass is 9.82. The van der Waals surface area contributed by atoms with Crippen molar-refractivity contribution in [3.05, 3.63) is 323 Å². The van der Waals surface area contributed by atoms with E-state index in [0.717, 1.165) is 82.3 Å². The van der Waals surface area contributed by atoms with Crippen molar-refractivity contribution in [3.8, 4) is 11.1 Å². The predicted octanol–water partition coefficient (Wildman–Crippen LogP) is 18.0. The molecule has 3 aliphatic carbocycles. The number of aliphatic imine (C=N–C) groups is 1. The molecule has 1 heterocycles. The summed E-state index contributed by atoms with van der Waals surface area (Å²) in [5.41, 5.74) is 18.1. The fourth-order valence-corrected chi connectivity index (χ4v) is 13.5. The molecule has 1 aromatic heterocycles. The van der Waals surface area contributed by atoms with Gasteiger partial charge in [0.25, 0.3) is 0 Å². The Morgan fingerprint density at radius 2 is 0.767 bits per heavy atom. The fourth-order valence-electron chi connectivity index (χ4n) is 13.5. The number of carbonyl (C=O) groups excluding carboxylic acids is 5. The average molecular weight is 1160 g/mol. The van der Waals surface area contributed by atoms with Gasteiger partial charge in [-0.1, -0.05) is 231 Å². The number of nitrogens with zero attached hydrogens (tertiary/aromatic N) is 1. The number of nitrogens with one attached hydrogen (secondary N) is 3. The zero-order valence-corrected chi connectivity index (χ0v) is 48.0. The van der Waals surface area contributed by atoms with E-state index in [1.54, 1.807) is 66.7 Å². The monoisotopic (exact) mass is 1160 g/mol. The standard InChI is InChI=1S/C31H17NO3.C29H21N3.C20H11NO2/c33-29-19-8-2-1-7-17(19)18-15-16-25(22-11-5-12-23(29)27(18)22)32-26-14-6-13-24-28(26)31(35)21-10-4-3-9-20(21)30(24)34;30-29(31-27-17-19-9-1-3-11-21(19)23-13-5-7-15-25(23)27)32-28-18-20-10-2-4-12-22(20)24-14-6-8-16-26(24)28;22-19-13-6-1-2-7-14(13)20(23)17-15(19)10-9-12-11-5-3-4-8-16(11)21-18(12)17/h1-16,32H;1-18H,(H3,30,31,32);1-10,21H. The summed E-state index contributed by atoms with van der Waals surface area (Å²) in [5, 5.41) is 19.9. The van der Waals surface area contributed by atoms with Crippen molar-refractivity contribution >= 4 is 133 Å². The van der Waals surface area contributed by atoms with Gasteiger partial charge >= 0.3 is 0 Å². The van der Waals surface area contributed by atoms with Crippen LogP contribution in [0.15, 0.2) is 272 Å². The van der Waals surface area contributed by atoms with E-state index in [1.165, 1.54) is 21.5 Å². The van der Waals surface area contributed by atoms with Crippen molar-refractivity contribution < 1.29 is 24.0 Å². The number of H-pyrrole nitrogens is 1. The van der Waals surface area contributed by atoms with Crippen LogP contribution in [0.4, 0.5) is 22.7 Å². The van der Waals surface area contributed by atoms with E-state index in [-0.39, 0.29) is 28.9 Å². The Bertz CT molecular complexity index is 5700. The zero-order valence-electron chi connectivity index (χ0n) is 48.0. The topological polar surface area (TPSA) is 164 Å². The first-order valence-corrected chi connectivity index (χ1v) is 29.6. The van der Waals surface area contributed by atoms with Crippen LogP contribution in [0, 0.1) is 0 Å². The van der Waals surface area contributed by atoms with Crippen molar-refractivity contribution in [1.82, 2.24) is 4.98 Å². The van der Waals surface area contributed by atoms with Gasteiger partial charge in [-0.25, -0.2) is 4.99 Å². The SMILES string of the molecule is NC(=Nc1cc2ccccc2c2ccccc12)Nc1cc2ccccc2c2ccccc12.O=C1c2ccccc2C(=O)c2c(Nc3ccc4c5c(cccc35)C(=O)c3ccccc3-4)cccc21.O=C1c2ccccc2C(=O)c2c1ccc1c2[nH]c2ccccc21. The van der Waals surface area contributed by atoms with Gasteiger partial charge in [-0.05, 0) is 79.8 Å². The molecular formula is C80H49N5O5. The number of ketones is 5. The summed E-state index contributed by atoms with van der Waals surface area (Å²) in [6.45, 7) is 0. The number of hydrogen-bond donors (Lipinski definition) is 4. The molecule has 0 spiro atoms. The Morgan fingerprint density at radius 3 is 1.44 bits per heavy atom. The second-order valence-electron chi connectivity index (χ2n) is 22.6. The van der Waals surface area contributed by atoms with Crippen LogP contribution in [0.25, 0.3) is 86.8 Å². The van der Waals surface area contributed by atoms with Crippen LogP contribution in [-0.4, -0.2) is 39.9 Å². The number of guanidine groups is 1. The van der Waals surface area contributed by atoms with Gasteiger partial charge in [-0.3, -0.25) is 24.0 Å². The van der Waals surface area contributed by atoms with Gasteiger partial charge < -0.3 is 21.4 Å². The summed E-state index contributed by atoms with van der Waals surface area (Å²) in [6, 6.07) is 85.9. The van der Waals surface area contributed by atoms with Crippen molar-refractivity contribution in [2.75, 3.05) is 10.6 Å². The lowest BCUT2D eigenvalue weighted by Gasteiger charge is -2.23. The Labute approximate surface area is 514 Å². The van der Waals surface area contributed by atoms with Crippen molar-refractivity contribution in [3.63, 3.8) is 0 Å². The quantitative estimate of drug-likeness (QED) is 0.0769. The fraction of sp³-hybridized carbons (Fsp3) is 0. The molecule has 14 aromatic carbocycles. The van der Waals surface area contributed by atoms with Crippen LogP contribution in [0.3, 0.4) is 0 Å². The zero-order chi connectivity index (χ0) is 60.7. The number of hydrogen-bond acceptors (Lipinski definition) is 7. The minimum atomic E-state index is -0.176. The molecule has 0 unspecified atom stereocenters. The lowest BCUT2D eigenvalue weighted by Crippen LogP contribution is -2.22. The van der Waals surface area contributed by atoms with Crippen LogP contribution in [0.1, 0.15) is 79.6 Å². The van der Waals surface area contributed by atoms with Gasteiger partial charge in [0, 0.05) is 93.7 Å². The highest BCUT2D eigenvalue weighted by Crippen LogP contribution is 2.44. The molecule has 0 atom stereocenters. The van der Waals surface area contributed by atoms with Crippen LogP contribution in [-0.2, 0) is 0 Å². The van der Waals surface area contributed by atoms with Gasteiger partial charge in [0.15, 0.2) is 34.9 Å². The largest absolute Gasteiger partial charge is 0.369 e. The van der Waals surface area contributed by atoms with Crippen molar-refractivity contribution in [2.45, 2.75) is 0 Å². The number of para-hydroxylation sites is 1. The van der Waals surface area contributed by atoms with Gasteiger partial charge in [0.1, 0.15) is 0 Å². The first-order valence-electron chi connectivity index (χ1n) is 29.6. The maximum Gasteiger partial charge on any atom is 0.198 e. The van der Waals surface area contributed by atoms with Gasteiger partial charge in [0.2, 0.25) is 0 Å². The van der Waals surface area contributed by atoms with Crippen LogP contribution < -0.4 is 16.4 Å². The molecule has 0 saturated carbocycles. The molecule has 0 saturated heterocycles. The molecule has 5 N–H and O–H groups in total. The number of carbonyl (C=O) groups is 5. The maximum atomic E-state index is 13.4. The summed E-state index contributed by atoms with van der Waals surface area (Å²) < 4.78 is 0. The molecular weight excluding hydrogens is 1110 g/mol. The molecule has 10 heteroatoms. The molecule has 424 valence electrons. The molecule has 90 heavy (non-hydrogen) atoms. The third kappa shape index (κ3) is 8.57. The van der Waals surface area contributed by atoms with Gasteiger partial charge in [-0.2, -0.15) is 0 Å². The highest BCUT2D eigenvalue weighted by atomic mass is 16.1. The lowest BCUT2D eigenvalue weighted by molar-refractivity contribution is 0.0979. The van der Waals surface area contributed by atoms with Crippen LogP contribution in [0.5, 0.6) is 0 Å². The first-order chi connectivity index (χ1) is 44.2. The molecule has 18 rings (SSSR count). The van der Waals surface area contributed by atoms with E-state index in [2.05, 4.69) is 107 Å². The van der Waals surface area contributed by atoms with Gasteiger partial charge in [-0.15, -0.1) is 0 Å². The number of nitrogens with two attached hydrogens (primary N) is 1.